The minimum absolute atomic E-state index is 0.0757. The van der Waals surface area contributed by atoms with Crippen LogP contribution >= 0.6 is 11.6 Å². The second-order valence-corrected chi connectivity index (χ2v) is 4.54. The number of nitrogens with one attached hydrogen (secondary N) is 1. The van der Waals surface area contributed by atoms with Gasteiger partial charge >= 0.3 is 0 Å². The lowest BCUT2D eigenvalue weighted by molar-refractivity contribution is 0.102. The van der Waals surface area contributed by atoms with Gasteiger partial charge in [-0.25, -0.2) is 4.39 Å². The van der Waals surface area contributed by atoms with Crippen molar-refractivity contribution in [3.05, 3.63) is 64.4 Å². The van der Waals surface area contributed by atoms with E-state index in [4.69, 9.17) is 17.3 Å². The number of carbonyl (C=O) groups is 1. The Kier molecular flexibility index (Phi) is 4.94. The van der Waals surface area contributed by atoms with Crippen LogP contribution in [0.2, 0.25) is 5.02 Å². The maximum Gasteiger partial charge on any atom is 0.258 e. The number of benzene rings is 2. The Labute approximate surface area is 126 Å². The van der Waals surface area contributed by atoms with Crippen molar-refractivity contribution in [2.45, 2.75) is 0 Å². The second kappa shape index (κ2) is 6.89. The summed E-state index contributed by atoms with van der Waals surface area (Å²) in [5.41, 5.74) is 6.06. The molecule has 0 radical (unpaired) electrons. The van der Waals surface area contributed by atoms with E-state index in [2.05, 4.69) is 17.2 Å². The average molecular weight is 303 g/mol. The second-order valence-electron chi connectivity index (χ2n) is 4.13. The Bertz CT molecular complexity index is 735. The molecule has 0 fully saturated rings. The first-order valence-corrected chi connectivity index (χ1v) is 6.54. The van der Waals surface area contributed by atoms with E-state index in [-0.39, 0.29) is 12.1 Å². The van der Waals surface area contributed by atoms with Gasteiger partial charge in [0.05, 0.1) is 22.8 Å². The van der Waals surface area contributed by atoms with E-state index in [0.29, 0.717) is 16.3 Å². The first-order valence-electron chi connectivity index (χ1n) is 6.16. The molecule has 0 atom stereocenters. The molecule has 2 aromatic rings. The van der Waals surface area contributed by atoms with Crippen molar-refractivity contribution in [2.75, 3.05) is 11.9 Å². The summed E-state index contributed by atoms with van der Waals surface area (Å²) in [7, 11) is 0. The van der Waals surface area contributed by atoms with E-state index >= 15 is 0 Å². The van der Waals surface area contributed by atoms with E-state index < -0.39 is 11.7 Å². The van der Waals surface area contributed by atoms with Gasteiger partial charge < -0.3 is 11.1 Å². The zero-order chi connectivity index (χ0) is 15.2. The van der Waals surface area contributed by atoms with Crippen LogP contribution in [0.5, 0.6) is 0 Å². The first kappa shape index (κ1) is 15.0. The molecule has 0 bridgehead atoms. The number of anilines is 1. The minimum atomic E-state index is -0.650. The van der Waals surface area contributed by atoms with Crippen molar-refractivity contribution in [3.63, 3.8) is 0 Å². The SMILES string of the molecule is NCC#Cc1ccc(C(=O)Nc2ccccc2Cl)c(F)c1. The number of nitrogens with two attached hydrogens (primary N) is 1. The van der Waals surface area contributed by atoms with Gasteiger partial charge in [0.15, 0.2) is 0 Å². The van der Waals surface area contributed by atoms with Crippen LogP contribution in [0.25, 0.3) is 0 Å². The van der Waals surface area contributed by atoms with Crippen LogP contribution in [-0.4, -0.2) is 12.5 Å². The minimum Gasteiger partial charge on any atom is -0.321 e. The number of halogens is 2. The summed E-state index contributed by atoms with van der Waals surface area (Å²) in [6.07, 6.45) is 0. The third-order valence-electron chi connectivity index (χ3n) is 2.67. The summed E-state index contributed by atoms with van der Waals surface area (Å²) in [5.74, 6) is 4.10. The van der Waals surface area contributed by atoms with Gasteiger partial charge in [-0.1, -0.05) is 35.6 Å². The lowest BCUT2D eigenvalue weighted by Crippen LogP contribution is -2.14. The van der Waals surface area contributed by atoms with Crippen LogP contribution in [0.3, 0.4) is 0 Å². The highest BCUT2D eigenvalue weighted by Gasteiger charge is 2.13. The van der Waals surface area contributed by atoms with Crippen molar-refractivity contribution in [2.24, 2.45) is 5.73 Å². The number of hydrogen-bond donors (Lipinski definition) is 2. The van der Waals surface area contributed by atoms with E-state index in [1.165, 1.54) is 12.1 Å². The lowest BCUT2D eigenvalue weighted by Gasteiger charge is -2.07. The molecule has 5 heteroatoms. The van der Waals surface area contributed by atoms with Gasteiger partial charge in [-0.3, -0.25) is 4.79 Å². The molecule has 0 heterocycles. The molecule has 106 valence electrons. The van der Waals surface area contributed by atoms with Gasteiger partial charge in [0.2, 0.25) is 0 Å². The van der Waals surface area contributed by atoms with Gasteiger partial charge in [0.25, 0.3) is 5.91 Å². The predicted octanol–water partition coefficient (Wildman–Crippen LogP) is 3.04. The van der Waals surface area contributed by atoms with E-state index in [1.807, 2.05) is 0 Å². The molecule has 0 aliphatic heterocycles. The summed E-state index contributed by atoms with van der Waals surface area (Å²) in [4.78, 5) is 12.0. The molecule has 3 nitrogen and oxygen atoms in total. The van der Waals surface area contributed by atoms with Crippen LogP contribution in [0.15, 0.2) is 42.5 Å². The Hall–Kier alpha value is -2.35. The van der Waals surface area contributed by atoms with E-state index in [1.54, 1.807) is 30.3 Å². The molecule has 0 saturated heterocycles. The van der Waals surface area contributed by atoms with Crippen LogP contribution in [-0.2, 0) is 0 Å². The Balaban J connectivity index is 2.22. The summed E-state index contributed by atoms with van der Waals surface area (Å²) in [5, 5.41) is 2.95. The molecule has 2 aromatic carbocycles. The molecule has 21 heavy (non-hydrogen) atoms. The molecular weight excluding hydrogens is 291 g/mol. The number of para-hydroxylation sites is 1. The molecule has 0 aromatic heterocycles. The number of amides is 1. The topological polar surface area (TPSA) is 55.1 Å². The van der Waals surface area contributed by atoms with Gasteiger partial charge in [-0.15, -0.1) is 0 Å². The maximum absolute atomic E-state index is 13.9. The molecule has 0 aliphatic carbocycles. The largest absolute Gasteiger partial charge is 0.321 e. The monoisotopic (exact) mass is 302 g/mol. The molecule has 0 saturated carbocycles. The number of rotatable bonds is 2. The molecule has 3 N–H and O–H groups in total. The first-order chi connectivity index (χ1) is 10.1. The van der Waals surface area contributed by atoms with Crippen molar-refractivity contribution >= 4 is 23.2 Å². The Morgan fingerprint density at radius 3 is 2.71 bits per heavy atom. The maximum atomic E-state index is 13.9. The molecule has 2 rings (SSSR count). The predicted molar refractivity (Wildman–Crippen MR) is 81.7 cm³/mol. The van der Waals surface area contributed by atoms with Crippen molar-refractivity contribution in [3.8, 4) is 11.8 Å². The standard InChI is InChI=1S/C16H12ClFN2O/c17-13-5-1-2-6-15(13)20-16(21)12-8-7-11(4-3-9-19)10-14(12)18/h1-2,5-8,10H,9,19H2,(H,20,21). The zero-order valence-electron chi connectivity index (χ0n) is 11.0. The fourth-order valence-electron chi connectivity index (χ4n) is 1.68. The van der Waals surface area contributed by atoms with E-state index in [9.17, 15) is 9.18 Å². The molecular formula is C16H12ClFN2O. The lowest BCUT2D eigenvalue weighted by atomic mass is 10.1. The molecule has 0 aliphatic rings. The molecule has 0 unspecified atom stereocenters. The summed E-state index contributed by atoms with van der Waals surface area (Å²) in [6.45, 7) is 0.191. The van der Waals surface area contributed by atoms with Crippen LogP contribution in [0.1, 0.15) is 15.9 Å². The third kappa shape index (κ3) is 3.82. The quantitative estimate of drug-likeness (QED) is 0.838. The van der Waals surface area contributed by atoms with Gasteiger partial charge in [-0.2, -0.15) is 0 Å². The van der Waals surface area contributed by atoms with Crippen molar-refractivity contribution in [1.82, 2.24) is 0 Å². The fourth-order valence-corrected chi connectivity index (χ4v) is 1.87. The van der Waals surface area contributed by atoms with Crippen LogP contribution in [0, 0.1) is 17.7 Å². The molecule has 1 amide bonds. The fraction of sp³-hybridized carbons (Fsp3) is 0.0625. The summed E-state index contributed by atoms with van der Waals surface area (Å²) in [6, 6.07) is 10.9. The zero-order valence-corrected chi connectivity index (χ0v) is 11.7. The van der Waals surface area contributed by atoms with Crippen LogP contribution < -0.4 is 11.1 Å². The van der Waals surface area contributed by atoms with Gasteiger partial charge in [-0.05, 0) is 30.3 Å². The number of carbonyl (C=O) groups excluding carboxylic acids is 1. The Morgan fingerprint density at radius 2 is 2.05 bits per heavy atom. The normalized spacial score (nSPS) is 9.67. The summed E-state index contributed by atoms with van der Waals surface area (Å²) >= 11 is 5.94. The third-order valence-corrected chi connectivity index (χ3v) is 3.00. The Morgan fingerprint density at radius 1 is 1.29 bits per heavy atom. The highest BCUT2D eigenvalue weighted by Crippen LogP contribution is 2.21. The summed E-state index contributed by atoms with van der Waals surface area (Å²) < 4.78 is 13.9. The highest BCUT2D eigenvalue weighted by atomic mass is 35.5. The van der Waals surface area contributed by atoms with Gasteiger partial charge in [0, 0.05) is 5.56 Å². The van der Waals surface area contributed by atoms with Crippen molar-refractivity contribution in [1.29, 1.82) is 0 Å². The highest BCUT2D eigenvalue weighted by molar-refractivity contribution is 6.33. The van der Waals surface area contributed by atoms with E-state index in [0.717, 1.165) is 0 Å². The van der Waals surface area contributed by atoms with Crippen molar-refractivity contribution < 1.29 is 9.18 Å². The van der Waals surface area contributed by atoms with Gasteiger partial charge in [0.1, 0.15) is 5.82 Å². The van der Waals surface area contributed by atoms with Crippen LogP contribution in [0.4, 0.5) is 10.1 Å². The molecule has 0 spiro atoms. The smallest absolute Gasteiger partial charge is 0.258 e. The average Bonchev–Trinajstić information content (AvgIpc) is 2.47. The number of hydrogen-bond acceptors (Lipinski definition) is 2.